The van der Waals surface area contributed by atoms with Crippen molar-refractivity contribution in [2.45, 2.75) is 32.4 Å². The fourth-order valence-electron chi connectivity index (χ4n) is 5.30. The summed E-state index contributed by atoms with van der Waals surface area (Å²) < 4.78 is 138. The molecule has 0 radical (unpaired) electrons. The Morgan fingerprint density at radius 2 is 1.13 bits per heavy atom. The van der Waals surface area contributed by atoms with Crippen molar-refractivity contribution < 1.29 is 53.2 Å². The molecule has 0 unspecified atom stereocenters. The molecule has 23 heteroatoms. The molecule has 0 fully saturated rings. The lowest BCUT2D eigenvalue weighted by atomic mass is 10.2. The Morgan fingerprint density at radius 3 is 1.60 bits per heavy atom. The molecule has 7 rings (SSSR count). The highest BCUT2D eigenvalue weighted by atomic mass is 19.4. The Balaban J connectivity index is 0.000000202. The molecule has 5 aromatic heterocycles. The lowest BCUT2D eigenvalue weighted by Crippen LogP contribution is -2.22. The number of aromatic nitrogens is 9. The zero-order chi connectivity index (χ0) is 43.2. The van der Waals surface area contributed by atoms with Crippen molar-refractivity contribution in [3.63, 3.8) is 0 Å². The van der Waals surface area contributed by atoms with E-state index < -0.39 is 60.3 Å². The van der Waals surface area contributed by atoms with Gasteiger partial charge in [-0.1, -0.05) is 41.6 Å². The lowest BCUT2D eigenvalue weighted by Gasteiger charge is -2.09. The van der Waals surface area contributed by atoms with Crippen molar-refractivity contribution in [2.24, 2.45) is 0 Å². The molecule has 13 nitrogen and oxygen atoms in total. The maximum absolute atomic E-state index is 14.1. The van der Waals surface area contributed by atoms with Gasteiger partial charge in [0.1, 0.15) is 53.8 Å². The highest BCUT2D eigenvalue weighted by Crippen LogP contribution is 2.27. The SMILES string of the molecule is CC(=O)c1cc(-c2ncc(F)c(NCC(F)(F)F)n2)nn1Cc1ccccc1F.Fc1ccccc1Cn1nc(-c2ncc(F)c(NCC(F)(F)F)n2)cc1-c1ccon1. The molecule has 0 spiro atoms. The second-order valence-electron chi connectivity index (χ2n) is 12.5. The Bertz CT molecular complexity index is 2590. The molecule has 0 amide bonds. The van der Waals surface area contributed by atoms with E-state index in [1.54, 1.807) is 30.3 Å². The highest BCUT2D eigenvalue weighted by molar-refractivity contribution is 5.93. The summed E-state index contributed by atoms with van der Waals surface area (Å²) in [5.41, 5.74) is 1.69. The Labute approximate surface area is 331 Å². The van der Waals surface area contributed by atoms with E-state index in [-0.39, 0.29) is 53.2 Å². The van der Waals surface area contributed by atoms with Crippen LogP contribution >= 0.6 is 0 Å². The second-order valence-corrected chi connectivity index (χ2v) is 12.5. The van der Waals surface area contributed by atoms with Crippen LogP contribution in [0.4, 0.5) is 55.5 Å². The van der Waals surface area contributed by atoms with E-state index in [1.807, 2.05) is 10.6 Å². The van der Waals surface area contributed by atoms with Crippen LogP contribution in [-0.4, -0.2) is 75.9 Å². The van der Waals surface area contributed by atoms with Crippen LogP contribution in [0.1, 0.15) is 28.5 Å². The molecule has 60 heavy (non-hydrogen) atoms. The van der Waals surface area contributed by atoms with E-state index in [4.69, 9.17) is 4.52 Å². The van der Waals surface area contributed by atoms with Gasteiger partial charge < -0.3 is 15.2 Å². The van der Waals surface area contributed by atoms with E-state index >= 15 is 0 Å². The molecule has 0 saturated carbocycles. The standard InChI is InChI=1S/C19H13F5N6O.C18H14F5N5O/c20-12-4-2-1-3-11(12)9-30-16(14-5-6-31-29-14)7-15(28-30)18-25-8-13(21)17(27-18)26-10-19(22,23)24;1-10(29)15-6-14(27-28(15)8-11-4-2-3-5-12(11)19)17-24-7-13(20)16(26-17)25-9-18(21,22)23/h1-8H,9-10H2,(H,25,26,27);2-7H,8-9H2,1H3,(H,24,25,26). The number of anilines is 2. The summed E-state index contributed by atoms with van der Waals surface area (Å²) in [6.45, 7) is -1.72. The monoisotopic (exact) mass is 847 g/mol. The zero-order valence-electron chi connectivity index (χ0n) is 30.5. The first-order valence-electron chi connectivity index (χ1n) is 17.2. The van der Waals surface area contributed by atoms with Crippen molar-refractivity contribution in [1.29, 1.82) is 0 Å². The molecule has 0 aliphatic heterocycles. The zero-order valence-corrected chi connectivity index (χ0v) is 30.5. The predicted molar refractivity (Wildman–Crippen MR) is 192 cm³/mol. The summed E-state index contributed by atoms with van der Waals surface area (Å²) in [5, 5.41) is 16.1. The van der Waals surface area contributed by atoms with Gasteiger partial charge in [-0.3, -0.25) is 14.2 Å². The third-order valence-electron chi connectivity index (χ3n) is 8.04. The maximum Gasteiger partial charge on any atom is 0.405 e. The summed E-state index contributed by atoms with van der Waals surface area (Å²) >= 11 is 0. The molecule has 0 bridgehead atoms. The molecular weight excluding hydrogens is 820 g/mol. The van der Waals surface area contributed by atoms with Gasteiger partial charge in [0.05, 0.1) is 31.2 Å². The summed E-state index contributed by atoms with van der Waals surface area (Å²) in [4.78, 5) is 27.0. The number of alkyl halides is 6. The van der Waals surface area contributed by atoms with E-state index in [1.165, 1.54) is 58.9 Å². The Kier molecular flexibility index (Phi) is 12.5. The van der Waals surface area contributed by atoms with Gasteiger partial charge in [0.2, 0.25) is 0 Å². The molecule has 5 heterocycles. The van der Waals surface area contributed by atoms with Crippen molar-refractivity contribution in [1.82, 2.24) is 44.7 Å². The van der Waals surface area contributed by atoms with Gasteiger partial charge in [-0.15, -0.1) is 0 Å². The maximum atomic E-state index is 14.1. The number of carbonyl (C=O) groups is 1. The number of rotatable bonds is 12. The van der Waals surface area contributed by atoms with Gasteiger partial charge >= 0.3 is 12.4 Å². The molecule has 0 atom stereocenters. The third kappa shape index (κ3) is 10.8. The Morgan fingerprint density at radius 1 is 0.650 bits per heavy atom. The first-order valence-corrected chi connectivity index (χ1v) is 17.2. The summed E-state index contributed by atoms with van der Waals surface area (Å²) in [5.74, 6) is -5.01. The molecule has 2 aromatic carbocycles. The van der Waals surface area contributed by atoms with E-state index in [2.05, 4.69) is 35.3 Å². The molecule has 2 N–H and O–H groups in total. The average molecular weight is 848 g/mol. The first-order chi connectivity index (χ1) is 28.4. The van der Waals surface area contributed by atoms with Crippen LogP contribution in [0.2, 0.25) is 0 Å². The highest BCUT2D eigenvalue weighted by Gasteiger charge is 2.29. The third-order valence-corrected chi connectivity index (χ3v) is 8.04. The van der Waals surface area contributed by atoms with Crippen LogP contribution in [0.5, 0.6) is 0 Å². The van der Waals surface area contributed by atoms with Gasteiger partial charge in [-0.2, -0.15) is 36.5 Å². The summed E-state index contributed by atoms with van der Waals surface area (Å²) in [6.07, 6.45) is -6.35. The number of halogens is 10. The lowest BCUT2D eigenvalue weighted by molar-refractivity contribution is -0.116. The fourth-order valence-corrected chi connectivity index (χ4v) is 5.30. The van der Waals surface area contributed by atoms with Crippen molar-refractivity contribution >= 4 is 17.4 Å². The number of nitrogens with zero attached hydrogens (tertiary/aromatic N) is 9. The van der Waals surface area contributed by atoms with Crippen molar-refractivity contribution in [2.75, 3.05) is 23.7 Å². The minimum atomic E-state index is -4.57. The molecule has 0 saturated heterocycles. The van der Waals surface area contributed by atoms with Gasteiger partial charge in [-0.25, -0.2) is 37.5 Å². The fraction of sp³-hybridized carbons (Fsp3) is 0.189. The smallest absolute Gasteiger partial charge is 0.364 e. The van der Waals surface area contributed by atoms with Crippen LogP contribution in [0, 0.1) is 23.3 Å². The number of carbonyl (C=O) groups excluding carboxylic acids is 1. The summed E-state index contributed by atoms with van der Waals surface area (Å²) in [7, 11) is 0. The largest absolute Gasteiger partial charge is 0.405 e. The number of hydrogen-bond acceptors (Lipinski definition) is 11. The minimum Gasteiger partial charge on any atom is -0.364 e. The molecular formula is C37H27F10N11O2. The molecule has 0 aliphatic carbocycles. The Hall–Kier alpha value is -7.20. The molecule has 0 aliphatic rings. The second kappa shape index (κ2) is 17.7. The van der Waals surface area contributed by atoms with E-state index in [9.17, 15) is 48.7 Å². The van der Waals surface area contributed by atoms with Gasteiger partial charge in [0.25, 0.3) is 0 Å². The van der Waals surface area contributed by atoms with Crippen molar-refractivity contribution in [3.8, 4) is 34.4 Å². The number of nitrogens with one attached hydrogen (secondary N) is 2. The number of ketones is 1. The van der Waals surface area contributed by atoms with Crippen LogP contribution in [0.15, 0.2) is 89.9 Å². The quantitative estimate of drug-likeness (QED) is 0.0905. The number of benzene rings is 2. The van der Waals surface area contributed by atoms with Crippen molar-refractivity contribution in [3.05, 3.63) is 125 Å². The number of hydrogen-bond donors (Lipinski definition) is 2. The van der Waals surface area contributed by atoms with Crippen LogP contribution in [0.3, 0.4) is 0 Å². The van der Waals surface area contributed by atoms with E-state index in [0.717, 1.165) is 6.20 Å². The van der Waals surface area contributed by atoms with Gasteiger partial charge in [-0.05, 0) is 24.3 Å². The predicted octanol–water partition coefficient (Wildman–Crippen LogP) is 8.14. The van der Waals surface area contributed by atoms with Gasteiger partial charge in [0.15, 0.2) is 40.7 Å². The van der Waals surface area contributed by atoms with Gasteiger partial charge in [0, 0.05) is 24.1 Å². The van der Waals surface area contributed by atoms with Crippen LogP contribution < -0.4 is 10.6 Å². The molecule has 7 aromatic rings. The van der Waals surface area contributed by atoms with Crippen LogP contribution in [-0.2, 0) is 13.1 Å². The minimum absolute atomic E-state index is 0.0231. The topological polar surface area (TPSA) is 154 Å². The summed E-state index contributed by atoms with van der Waals surface area (Å²) in [6, 6.07) is 16.4. The first kappa shape index (κ1) is 42.4. The van der Waals surface area contributed by atoms with Crippen LogP contribution in [0.25, 0.3) is 34.4 Å². The number of Topliss-reactive ketones (excluding diaryl/α,β-unsaturated/α-hetero) is 1. The molecule has 312 valence electrons. The average Bonchev–Trinajstić information content (AvgIpc) is 3.97. The van der Waals surface area contributed by atoms with E-state index in [0.29, 0.717) is 23.1 Å². The normalized spacial score (nSPS) is 11.6.